The van der Waals surface area contributed by atoms with E-state index in [0.29, 0.717) is 31.2 Å². The van der Waals surface area contributed by atoms with Gasteiger partial charge in [0.15, 0.2) is 0 Å². The summed E-state index contributed by atoms with van der Waals surface area (Å²) in [7, 11) is 0. The second kappa shape index (κ2) is 9.30. The van der Waals surface area contributed by atoms with Crippen molar-refractivity contribution in [3.05, 3.63) is 75.8 Å². The van der Waals surface area contributed by atoms with E-state index in [0.717, 1.165) is 5.56 Å². The van der Waals surface area contributed by atoms with Crippen LogP contribution in [-0.2, 0) is 20.7 Å². The molecule has 1 aliphatic carbocycles. The summed E-state index contributed by atoms with van der Waals surface area (Å²) < 4.78 is 5.16. The van der Waals surface area contributed by atoms with Crippen LogP contribution in [0.5, 0.6) is 0 Å². The maximum atomic E-state index is 13.2. The van der Waals surface area contributed by atoms with E-state index in [1.807, 2.05) is 30.3 Å². The number of ketones is 1. The Hall–Kier alpha value is -3.55. The van der Waals surface area contributed by atoms with Crippen LogP contribution in [0.1, 0.15) is 42.7 Å². The second-order valence-corrected chi connectivity index (χ2v) is 8.33. The smallest absolute Gasteiger partial charge is 0.416 e. The van der Waals surface area contributed by atoms with Gasteiger partial charge in [0.1, 0.15) is 12.4 Å². The predicted octanol–water partition coefficient (Wildman–Crippen LogP) is 4.03. The summed E-state index contributed by atoms with van der Waals surface area (Å²) in [5.74, 6) is -1.11. The Morgan fingerprint density at radius 3 is 2.50 bits per heavy atom. The van der Waals surface area contributed by atoms with E-state index in [1.54, 1.807) is 12.1 Å². The zero-order valence-electron chi connectivity index (χ0n) is 17.5. The minimum absolute atomic E-state index is 0.0211. The number of nitro groups is 1. The molecule has 2 aromatic carbocycles. The van der Waals surface area contributed by atoms with Crippen LogP contribution in [0.3, 0.4) is 0 Å². The number of hydrogen-bond donors (Lipinski definition) is 0. The average Bonchev–Trinajstić information content (AvgIpc) is 3.14. The SMILES string of the molecule is O=C1CCC[C@H](CC(=O)N2C(=O)OC[C@@H]2Cc2ccccc2)[C@H]1c1ccc([N+](=O)[O-])cc1. The van der Waals surface area contributed by atoms with Gasteiger partial charge in [0.05, 0.1) is 11.0 Å². The quantitative estimate of drug-likeness (QED) is 0.500. The van der Waals surface area contributed by atoms with Gasteiger partial charge in [-0.05, 0) is 36.3 Å². The zero-order valence-corrected chi connectivity index (χ0v) is 17.5. The lowest BCUT2D eigenvalue weighted by molar-refractivity contribution is -0.384. The van der Waals surface area contributed by atoms with Crippen molar-refractivity contribution in [2.45, 2.75) is 44.1 Å². The highest BCUT2D eigenvalue weighted by atomic mass is 16.6. The van der Waals surface area contributed by atoms with Crippen molar-refractivity contribution in [3.63, 3.8) is 0 Å². The number of carbonyl (C=O) groups is 3. The number of amides is 2. The third kappa shape index (κ3) is 4.54. The number of imide groups is 1. The summed E-state index contributed by atoms with van der Waals surface area (Å²) in [6, 6.07) is 15.1. The van der Waals surface area contributed by atoms with E-state index in [9.17, 15) is 24.5 Å². The van der Waals surface area contributed by atoms with Gasteiger partial charge in [-0.3, -0.25) is 19.7 Å². The maximum absolute atomic E-state index is 13.2. The molecule has 166 valence electrons. The number of non-ortho nitro benzene ring substituents is 1. The largest absolute Gasteiger partial charge is 0.447 e. The van der Waals surface area contributed by atoms with Gasteiger partial charge >= 0.3 is 6.09 Å². The molecule has 1 heterocycles. The van der Waals surface area contributed by atoms with Crippen LogP contribution in [0.15, 0.2) is 54.6 Å². The first kappa shape index (κ1) is 21.7. The molecule has 0 spiro atoms. The van der Waals surface area contributed by atoms with Gasteiger partial charge in [-0.25, -0.2) is 9.69 Å². The Kier molecular flexibility index (Phi) is 6.30. The molecular formula is C24H24N2O6. The molecule has 8 nitrogen and oxygen atoms in total. The van der Waals surface area contributed by atoms with Crippen molar-refractivity contribution < 1.29 is 24.0 Å². The molecule has 0 bridgehead atoms. The summed E-state index contributed by atoms with van der Waals surface area (Å²) in [6.45, 7) is 0.148. The standard InChI is InChI=1S/C24H24N2O6/c27-21-8-4-7-18(23(21)17-9-11-19(12-10-17)26(30)31)14-22(28)25-20(15-32-24(25)29)13-16-5-2-1-3-6-16/h1-3,5-6,9-12,18,20,23H,4,7-8,13-15H2/t18-,20+,23-/m1/s1. The van der Waals surface area contributed by atoms with Crippen molar-refractivity contribution >= 4 is 23.5 Å². The molecule has 0 aromatic heterocycles. The van der Waals surface area contributed by atoms with E-state index in [1.165, 1.54) is 17.0 Å². The summed E-state index contributed by atoms with van der Waals surface area (Å²) in [5.41, 5.74) is 1.63. The fraction of sp³-hybridized carbons (Fsp3) is 0.375. The van der Waals surface area contributed by atoms with Gasteiger partial charge in [0.25, 0.3) is 5.69 Å². The molecule has 2 amide bonds. The van der Waals surface area contributed by atoms with Crippen LogP contribution in [0, 0.1) is 16.0 Å². The fourth-order valence-electron chi connectivity index (χ4n) is 4.73. The Balaban J connectivity index is 1.51. The molecule has 0 radical (unpaired) electrons. The van der Waals surface area contributed by atoms with E-state index >= 15 is 0 Å². The highest BCUT2D eigenvalue weighted by molar-refractivity contribution is 5.94. The number of hydrogen-bond acceptors (Lipinski definition) is 6. The third-order valence-electron chi connectivity index (χ3n) is 6.26. The average molecular weight is 436 g/mol. The van der Waals surface area contributed by atoms with Crippen LogP contribution in [-0.4, -0.2) is 40.3 Å². The molecule has 1 saturated heterocycles. The number of nitro benzene ring substituents is 1. The van der Waals surface area contributed by atoms with Gasteiger partial charge in [-0.15, -0.1) is 0 Å². The normalized spacial score (nSPS) is 23.1. The molecule has 8 heteroatoms. The van der Waals surface area contributed by atoms with Crippen LogP contribution >= 0.6 is 0 Å². The molecule has 1 saturated carbocycles. The Morgan fingerprint density at radius 1 is 1.09 bits per heavy atom. The number of carbonyl (C=O) groups excluding carboxylic acids is 3. The monoisotopic (exact) mass is 436 g/mol. The van der Waals surface area contributed by atoms with Crippen molar-refractivity contribution in [2.75, 3.05) is 6.61 Å². The first-order valence-electron chi connectivity index (χ1n) is 10.7. The fourth-order valence-corrected chi connectivity index (χ4v) is 4.73. The van der Waals surface area contributed by atoms with Gasteiger partial charge in [0, 0.05) is 30.9 Å². The number of cyclic esters (lactones) is 1. The molecule has 0 N–H and O–H groups in total. The van der Waals surface area contributed by atoms with Gasteiger partial charge in [0.2, 0.25) is 5.91 Å². The Labute approximate surface area is 185 Å². The number of Topliss-reactive ketones (excluding diaryl/α,β-unsaturated/α-hetero) is 1. The number of ether oxygens (including phenoxy) is 1. The minimum atomic E-state index is -0.648. The molecule has 1 aliphatic heterocycles. The van der Waals surface area contributed by atoms with Crippen LogP contribution in [0.25, 0.3) is 0 Å². The maximum Gasteiger partial charge on any atom is 0.416 e. The van der Waals surface area contributed by atoms with Crippen LogP contribution in [0.4, 0.5) is 10.5 Å². The van der Waals surface area contributed by atoms with E-state index in [2.05, 4.69) is 0 Å². The van der Waals surface area contributed by atoms with E-state index in [-0.39, 0.29) is 42.4 Å². The second-order valence-electron chi connectivity index (χ2n) is 8.33. The van der Waals surface area contributed by atoms with Gasteiger partial charge in [-0.2, -0.15) is 0 Å². The van der Waals surface area contributed by atoms with E-state index in [4.69, 9.17) is 4.74 Å². The Morgan fingerprint density at radius 2 is 1.81 bits per heavy atom. The first-order chi connectivity index (χ1) is 15.4. The van der Waals surface area contributed by atoms with Gasteiger partial charge in [-0.1, -0.05) is 42.5 Å². The summed E-state index contributed by atoms with van der Waals surface area (Å²) in [5, 5.41) is 10.9. The third-order valence-corrected chi connectivity index (χ3v) is 6.26. The highest BCUT2D eigenvalue weighted by Gasteiger charge is 2.41. The predicted molar refractivity (Wildman–Crippen MR) is 115 cm³/mol. The molecular weight excluding hydrogens is 412 g/mol. The first-order valence-corrected chi connectivity index (χ1v) is 10.7. The minimum Gasteiger partial charge on any atom is -0.447 e. The van der Waals surface area contributed by atoms with Crippen LogP contribution in [0.2, 0.25) is 0 Å². The molecule has 4 rings (SSSR count). The topological polar surface area (TPSA) is 107 Å². The lowest BCUT2D eigenvalue weighted by Gasteiger charge is -2.31. The molecule has 2 aliphatic rings. The zero-order chi connectivity index (χ0) is 22.7. The van der Waals surface area contributed by atoms with Crippen molar-refractivity contribution in [1.29, 1.82) is 0 Å². The summed E-state index contributed by atoms with van der Waals surface area (Å²) in [4.78, 5) is 49.9. The van der Waals surface area contributed by atoms with Crippen LogP contribution < -0.4 is 0 Å². The lowest BCUT2D eigenvalue weighted by atomic mass is 9.73. The molecule has 0 unspecified atom stereocenters. The highest BCUT2D eigenvalue weighted by Crippen LogP contribution is 2.38. The number of rotatable bonds is 6. The number of nitrogens with zero attached hydrogens (tertiary/aromatic N) is 2. The molecule has 2 fully saturated rings. The molecule has 3 atom stereocenters. The summed E-state index contributed by atoms with van der Waals surface area (Å²) >= 11 is 0. The van der Waals surface area contributed by atoms with Crippen molar-refractivity contribution in [2.24, 2.45) is 5.92 Å². The Bertz CT molecular complexity index is 1020. The van der Waals surface area contributed by atoms with E-state index < -0.39 is 16.9 Å². The van der Waals surface area contributed by atoms with Crippen molar-refractivity contribution in [3.8, 4) is 0 Å². The molecule has 32 heavy (non-hydrogen) atoms. The summed E-state index contributed by atoms with van der Waals surface area (Å²) in [6.07, 6.45) is 1.67. The molecule has 2 aromatic rings. The van der Waals surface area contributed by atoms with Gasteiger partial charge < -0.3 is 4.74 Å². The lowest BCUT2D eigenvalue weighted by Crippen LogP contribution is -2.42. The number of benzene rings is 2. The van der Waals surface area contributed by atoms with Crippen molar-refractivity contribution in [1.82, 2.24) is 4.90 Å².